The highest BCUT2D eigenvalue weighted by Gasteiger charge is 2.19. The van der Waals surface area contributed by atoms with E-state index in [0.717, 1.165) is 25.7 Å². The number of hydrogen-bond acceptors (Lipinski definition) is 2. The van der Waals surface area contributed by atoms with Crippen molar-refractivity contribution in [2.45, 2.75) is 38.2 Å². The summed E-state index contributed by atoms with van der Waals surface area (Å²) in [7, 11) is 0. The van der Waals surface area contributed by atoms with Crippen LogP contribution < -0.4 is 15.8 Å². The molecule has 5 heteroatoms. The molecule has 0 bridgehead atoms. The molecule has 1 aromatic carbocycles. The fourth-order valence-corrected chi connectivity index (χ4v) is 2.32. The molecule has 0 amide bonds. The Hall–Kier alpha value is -1.36. The smallest absolute Gasteiger partial charge is 0.178 e. The Labute approximate surface area is 112 Å². The molecule has 0 radical (unpaired) electrons. The number of rotatable bonds is 3. The van der Waals surface area contributed by atoms with Gasteiger partial charge in [-0.15, -0.1) is 0 Å². The molecule has 1 aliphatic carbocycles. The maximum atomic E-state index is 13.8. The van der Waals surface area contributed by atoms with Crippen molar-refractivity contribution < 1.29 is 9.13 Å². The van der Waals surface area contributed by atoms with Crippen LogP contribution in [0.25, 0.3) is 0 Å². The molecule has 0 atom stereocenters. The molecule has 2 rings (SSSR count). The number of halogens is 1. The van der Waals surface area contributed by atoms with Crippen LogP contribution in [-0.4, -0.2) is 11.2 Å². The molecule has 1 saturated carbocycles. The summed E-state index contributed by atoms with van der Waals surface area (Å²) in [4.78, 5) is 0. The van der Waals surface area contributed by atoms with Gasteiger partial charge in [0.05, 0.1) is 11.8 Å². The molecule has 1 aliphatic rings. The molecule has 3 N–H and O–H groups in total. The lowest BCUT2D eigenvalue weighted by Crippen LogP contribution is -2.23. The first-order valence-electron chi connectivity index (χ1n) is 6.18. The highest BCUT2D eigenvalue weighted by Crippen LogP contribution is 2.31. The third kappa shape index (κ3) is 3.32. The minimum atomic E-state index is -0.387. The number of anilines is 1. The molecule has 1 fully saturated rings. The lowest BCUT2D eigenvalue weighted by atomic mass is 9.98. The number of nitrogens with one attached hydrogen (secondary N) is 1. The summed E-state index contributed by atoms with van der Waals surface area (Å²) in [5.41, 5.74) is 5.91. The van der Waals surface area contributed by atoms with Gasteiger partial charge in [-0.3, -0.25) is 0 Å². The first-order chi connectivity index (χ1) is 8.66. The molecule has 98 valence electrons. The van der Waals surface area contributed by atoms with Crippen LogP contribution in [0.4, 0.5) is 10.1 Å². The molecule has 0 aliphatic heterocycles. The summed E-state index contributed by atoms with van der Waals surface area (Å²) < 4.78 is 19.6. The van der Waals surface area contributed by atoms with Crippen LogP contribution in [0, 0.1) is 5.82 Å². The van der Waals surface area contributed by atoms with Crippen molar-refractivity contribution in [3.8, 4) is 5.75 Å². The average molecular weight is 268 g/mol. The third-order valence-corrected chi connectivity index (χ3v) is 3.16. The standard InChI is InChI=1S/C13H17FN2OS/c14-10-7-4-8-11(16-13(15)18)12(10)17-9-5-2-1-3-6-9/h4,7-9H,1-3,5-6H2,(H3,15,16,18). The highest BCUT2D eigenvalue weighted by molar-refractivity contribution is 7.80. The van der Waals surface area contributed by atoms with Crippen molar-refractivity contribution in [3.05, 3.63) is 24.0 Å². The van der Waals surface area contributed by atoms with Crippen molar-refractivity contribution in [2.24, 2.45) is 5.73 Å². The molecule has 1 aromatic rings. The van der Waals surface area contributed by atoms with Crippen LogP contribution in [0.5, 0.6) is 5.75 Å². The lowest BCUT2D eigenvalue weighted by molar-refractivity contribution is 0.150. The van der Waals surface area contributed by atoms with E-state index >= 15 is 0 Å². The molecule has 0 saturated heterocycles. The van der Waals surface area contributed by atoms with Gasteiger partial charge in [-0.25, -0.2) is 4.39 Å². The second-order valence-corrected chi connectivity index (χ2v) is 4.92. The van der Waals surface area contributed by atoms with Crippen LogP contribution in [-0.2, 0) is 0 Å². The van der Waals surface area contributed by atoms with Crippen molar-refractivity contribution in [1.29, 1.82) is 0 Å². The van der Waals surface area contributed by atoms with E-state index in [0.29, 0.717) is 5.69 Å². The first kappa shape index (κ1) is 13.1. The average Bonchev–Trinajstić information content (AvgIpc) is 2.34. The monoisotopic (exact) mass is 268 g/mol. The van der Waals surface area contributed by atoms with Crippen molar-refractivity contribution in [3.63, 3.8) is 0 Å². The number of para-hydroxylation sites is 1. The fraction of sp³-hybridized carbons (Fsp3) is 0.462. The van der Waals surface area contributed by atoms with Gasteiger partial charge >= 0.3 is 0 Å². The first-order valence-corrected chi connectivity index (χ1v) is 6.59. The number of thiocarbonyl (C=S) groups is 1. The molecular weight excluding hydrogens is 251 g/mol. The van der Waals surface area contributed by atoms with E-state index in [4.69, 9.17) is 22.7 Å². The summed E-state index contributed by atoms with van der Waals surface area (Å²) in [6.45, 7) is 0. The Morgan fingerprint density at radius 2 is 2.06 bits per heavy atom. The van der Waals surface area contributed by atoms with Crippen molar-refractivity contribution in [2.75, 3.05) is 5.32 Å². The lowest BCUT2D eigenvalue weighted by Gasteiger charge is -2.24. The Morgan fingerprint density at radius 1 is 1.33 bits per heavy atom. The van der Waals surface area contributed by atoms with Gasteiger partial charge < -0.3 is 15.8 Å². The topological polar surface area (TPSA) is 47.3 Å². The summed E-state index contributed by atoms with van der Waals surface area (Å²) >= 11 is 4.77. The zero-order valence-electron chi connectivity index (χ0n) is 10.1. The summed E-state index contributed by atoms with van der Waals surface area (Å²) in [6.07, 6.45) is 5.54. The Balaban J connectivity index is 2.16. The maximum Gasteiger partial charge on any atom is 0.178 e. The van der Waals surface area contributed by atoms with Crippen LogP contribution in [0.2, 0.25) is 0 Å². The van der Waals surface area contributed by atoms with Crippen LogP contribution in [0.15, 0.2) is 18.2 Å². The van der Waals surface area contributed by atoms with Crippen molar-refractivity contribution >= 4 is 23.0 Å². The molecule has 3 nitrogen and oxygen atoms in total. The van der Waals surface area contributed by atoms with E-state index in [1.807, 2.05) is 0 Å². The van der Waals surface area contributed by atoms with Gasteiger partial charge in [-0.2, -0.15) is 0 Å². The van der Waals surface area contributed by atoms with E-state index in [1.165, 1.54) is 12.5 Å². The minimum Gasteiger partial charge on any atom is -0.485 e. The Kier molecular flexibility index (Phi) is 4.36. The summed E-state index contributed by atoms with van der Waals surface area (Å²) in [5, 5.41) is 2.85. The molecule has 0 heterocycles. The van der Waals surface area contributed by atoms with Crippen LogP contribution in [0.3, 0.4) is 0 Å². The zero-order valence-corrected chi connectivity index (χ0v) is 10.9. The second-order valence-electron chi connectivity index (χ2n) is 4.48. The largest absolute Gasteiger partial charge is 0.485 e. The SMILES string of the molecule is NC(=S)Nc1cccc(F)c1OC1CCCCC1. The van der Waals surface area contributed by atoms with Gasteiger partial charge in [0.15, 0.2) is 16.7 Å². The summed E-state index contributed by atoms with van der Waals surface area (Å²) in [5.74, 6) is -0.168. The van der Waals surface area contributed by atoms with Crippen LogP contribution in [0.1, 0.15) is 32.1 Å². The van der Waals surface area contributed by atoms with Crippen LogP contribution >= 0.6 is 12.2 Å². The maximum absolute atomic E-state index is 13.8. The molecule has 18 heavy (non-hydrogen) atoms. The molecular formula is C13H17FN2OS. The summed E-state index contributed by atoms with van der Waals surface area (Å²) in [6, 6.07) is 4.69. The van der Waals surface area contributed by atoms with E-state index in [9.17, 15) is 4.39 Å². The van der Waals surface area contributed by atoms with Gasteiger partial charge in [0.1, 0.15) is 0 Å². The molecule has 0 aromatic heterocycles. The zero-order chi connectivity index (χ0) is 13.0. The van der Waals surface area contributed by atoms with Gasteiger partial charge in [-0.1, -0.05) is 12.5 Å². The quantitative estimate of drug-likeness (QED) is 0.826. The van der Waals surface area contributed by atoms with Gasteiger partial charge in [0, 0.05) is 0 Å². The highest BCUT2D eigenvalue weighted by atomic mass is 32.1. The van der Waals surface area contributed by atoms with E-state index in [2.05, 4.69) is 5.32 Å². The predicted molar refractivity (Wildman–Crippen MR) is 74.3 cm³/mol. The Bertz CT molecular complexity index is 433. The van der Waals surface area contributed by atoms with Crippen molar-refractivity contribution in [1.82, 2.24) is 0 Å². The number of hydrogen-bond donors (Lipinski definition) is 2. The van der Waals surface area contributed by atoms with E-state index < -0.39 is 0 Å². The number of ether oxygens (including phenoxy) is 1. The Morgan fingerprint density at radius 3 is 2.72 bits per heavy atom. The van der Waals surface area contributed by atoms with E-state index in [1.54, 1.807) is 12.1 Å². The molecule has 0 unspecified atom stereocenters. The third-order valence-electron chi connectivity index (χ3n) is 3.06. The predicted octanol–water partition coefficient (Wildman–Crippen LogP) is 3.19. The van der Waals surface area contributed by atoms with E-state index in [-0.39, 0.29) is 22.8 Å². The fourth-order valence-electron chi connectivity index (χ4n) is 2.21. The van der Waals surface area contributed by atoms with Gasteiger partial charge in [0.25, 0.3) is 0 Å². The number of nitrogens with two attached hydrogens (primary N) is 1. The minimum absolute atomic E-state index is 0.0857. The normalized spacial score (nSPS) is 16.3. The molecule has 0 spiro atoms. The number of benzene rings is 1. The second kappa shape index (κ2) is 6.00. The van der Waals surface area contributed by atoms with Gasteiger partial charge in [-0.05, 0) is 50.0 Å². The van der Waals surface area contributed by atoms with Gasteiger partial charge in [0.2, 0.25) is 0 Å².